The SMILES string of the molecule is CC1=NN(c2ccc(Br)cn2)C(=O)C1CN. The maximum Gasteiger partial charge on any atom is 0.258 e. The van der Waals surface area contributed by atoms with Gasteiger partial charge in [0.15, 0.2) is 5.82 Å². The lowest BCUT2D eigenvalue weighted by molar-refractivity contribution is -0.119. The average Bonchev–Trinajstić information content (AvgIpc) is 2.55. The van der Waals surface area contributed by atoms with Crippen LogP contribution in [-0.2, 0) is 4.79 Å². The number of anilines is 1. The van der Waals surface area contributed by atoms with E-state index in [2.05, 4.69) is 26.0 Å². The summed E-state index contributed by atoms with van der Waals surface area (Å²) in [4.78, 5) is 16.0. The van der Waals surface area contributed by atoms with Crippen LogP contribution in [0.15, 0.2) is 27.9 Å². The summed E-state index contributed by atoms with van der Waals surface area (Å²) < 4.78 is 0.860. The smallest absolute Gasteiger partial charge is 0.258 e. The van der Waals surface area contributed by atoms with Gasteiger partial charge in [-0.15, -0.1) is 0 Å². The molecule has 1 unspecified atom stereocenters. The number of carbonyl (C=O) groups is 1. The monoisotopic (exact) mass is 282 g/mol. The summed E-state index contributed by atoms with van der Waals surface area (Å²) in [6.45, 7) is 2.08. The molecule has 1 aliphatic heterocycles. The number of pyridine rings is 1. The number of nitrogens with two attached hydrogens (primary N) is 1. The number of hydrazone groups is 1. The molecule has 2 N–H and O–H groups in total. The summed E-state index contributed by atoms with van der Waals surface area (Å²) in [5.41, 5.74) is 6.26. The minimum absolute atomic E-state index is 0.116. The van der Waals surface area contributed by atoms with Crippen molar-refractivity contribution in [3.8, 4) is 0 Å². The molecular weight excluding hydrogens is 272 g/mol. The van der Waals surface area contributed by atoms with Gasteiger partial charge in [0.1, 0.15) is 0 Å². The Labute approximate surface area is 101 Å². The predicted octanol–water partition coefficient (Wildman–Crippen LogP) is 1.14. The van der Waals surface area contributed by atoms with E-state index in [0.717, 1.165) is 10.2 Å². The van der Waals surface area contributed by atoms with E-state index in [1.165, 1.54) is 5.01 Å². The van der Waals surface area contributed by atoms with Gasteiger partial charge < -0.3 is 5.73 Å². The highest BCUT2D eigenvalue weighted by molar-refractivity contribution is 9.10. The zero-order chi connectivity index (χ0) is 11.7. The molecule has 2 heterocycles. The van der Waals surface area contributed by atoms with Gasteiger partial charge in [-0.2, -0.15) is 10.1 Å². The number of nitrogens with zero attached hydrogens (tertiary/aromatic N) is 3. The van der Waals surface area contributed by atoms with Crippen LogP contribution in [0.5, 0.6) is 0 Å². The number of hydrogen-bond donors (Lipinski definition) is 1. The minimum Gasteiger partial charge on any atom is -0.329 e. The molecule has 1 amide bonds. The first kappa shape index (κ1) is 11.2. The van der Waals surface area contributed by atoms with Gasteiger partial charge in [0.05, 0.1) is 5.92 Å². The molecule has 2 rings (SSSR count). The first-order valence-corrected chi connectivity index (χ1v) is 5.63. The second-order valence-corrected chi connectivity index (χ2v) is 4.43. The molecular formula is C10H11BrN4O. The Bertz CT molecular complexity index is 443. The van der Waals surface area contributed by atoms with Gasteiger partial charge >= 0.3 is 0 Å². The van der Waals surface area contributed by atoms with Crippen molar-refractivity contribution in [3.05, 3.63) is 22.8 Å². The molecule has 0 aliphatic carbocycles. The molecule has 0 saturated carbocycles. The number of carbonyl (C=O) groups excluding carboxylic acids is 1. The van der Waals surface area contributed by atoms with Crippen molar-refractivity contribution >= 4 is 33.4 Å². The second kappa shape index (κ2) is 4.31. The third-order valence-corrected chi connectivity index (χ3v) is 2.90. The first-order valence-electron chi connectivity index (χ1n) is 4.84. The highest BCUT2D eigenvalue weighted by atomic mass is 79.9. The Balaban J connectivity index is 2.30. The van der Waals surface area contributed by atoms with Gasteiger partial charge in [0.2, 0.25) is 0 Å². The minimum atomic E-state index is -0.314. The van der Waals surface area contributed by atoms with Crippen molar-refractivity contribution in [3.63, 3.8) is 0 Å². The maximum absolute atomic E-state index is 11.9. The van der Waals surface area contributed by atoms with Gasteiger partial charge in [-0.25, -0.2) is 4.98 Å². The molecule has 16 heavy (non-hydrogen) atoms. The van der Waals surface area contributed by atoms with Crippen LogP contribution in [0.3, 0.4) is 0 Å². The summed E-state index contributed by atoms with van der Waals surface area (Å²) in [6.07, 6.45) is 1.63. The molecule has 0 radical (unpaired) electrons. The normalized spacial score (nSPS) is 20.2. The zero-order valence-electron chi connectivity index (χ0n) is 8.72. The van der Waals surface area contributed by atoms with Gasteiger partial charge in [0.25, 0.3) is 5.91 Å². The van der Waals surface area contributed by atoms with E-state index in [1.54, 1.807) is 19.2 Å². The van der Waals surface area contributed by atoms with Crippen LogP contribution in [0.25, 0.3) is 0 Å². The molecule has 6 heteroatoms. The summed E-state index contributed by atoms with van der Waals surface area (Å²) >= 11 is 3.28. The van der Waals surface area contributed by atoms with E-state index in [1.807, 2.05) is 6.07 Å². The maximum atomic E-state index is 11.9. The summed E-state index contributed by atoms with van der Waals surface area (Å²) in [5, 5.41) is 5.47. The van der Waals surface area contributed by atoms with Crippen molar-refractivity contribution in [2.45, 2.75) is 6.92 Å². The predicted molar refractivity (Wildman–Crippen MR) is 65.1 cm³/mol. The molecule has 0 bridgehead atoms. The van der Waals surface area contributed by atoms with Gasteiger partial charge in [-0.1, -0.05) is 0 Å². The van der Waals surface area contributed by atoms with Crippen LogP contribution in [0.4, 0.5) is 5.82 Å². The van der Waals surface area contributed by atoms with Gasteiger partial charge in [0, 0.05) is 22.9 Å². The van der Waals surface area contributed by atoms with Gasteiger partial charge in [-0.3, -0.25) is 4.79 Å². The van der Waals surface area contributed by atoms with Gasteiger partial charge in [-0.05, 0) is 35.0 Å². The number of hydrogen-bond acceptors (Lipinski definition) is 4. The Hall–Kier alpha value is -1.27. The van der Waals surface area contributed by atoms with E-state index in [0.29, 0.717) is 5.82 Å². The van der Waals surface area contributed by atoms with E-state index >= 15 is 0 Å². The number of amides is 1. The third kappa shape index (κ3) is 1.85. The van der Waals surface area contributed by atoms with Crippen LogP contribution in [-0.4, -0.2) is 23.1 Å². The van der Waals surface area contributed by atoms with Crippen LogP contribution in [0.2, 0.25) is 0 Å². The Morgan fingerprint density at radius 3 is 2.81 bits per heavy atom. The molecule has 5 nitrogen and oxygen atoms in total. The molecule has 1 aromatic heterocycles. The number of halogens is 1. The van der Waals surface area contributed by atoms with Crippen LogP contribution >= 0.6 is 15.9 Å². The van der Waals surface area contributed by atoms with Crippen LogP contribution in [0, 0.1) is 5.92 Å². The third-order valence-electron chi connectivity index (χ3n) is 2.43. The fourth-order valence-corrected chi connectivity index (χ4v) is 1.77. The van der Waals surface area contributed by atoms with Crippen molar-refractivity contribution in [2.24, 2.45) is 16.8 Å². The van der Waals surface area contributed by atoms with E-state index in [4.69, 9.17) is 5.73 Å². The summed E-state index contributed by atoms with van der Waals surface area (Å²) in [5.74, 6) is 0.0868. The van der Waals surface area contributed by atoms with E-state index in [9.17, 15) is 4.79 Å². The molecule has 0 aromatic carbocycles. The second-order valence-electron chi connectivity index (χ2n) is 3.51. The Kier molecular flexibility index (Phi) is 3.02. The van der Waals surface area contributed by atoms with Crippen molar-refractivity contribution in [1.29, 1.82) is 0 Å². The molecule has 0 fully saturated rings. The lowest BCUT2D eigenvalue weighted by atomic mass is 10.1. The standard InChI is InChI=1S/C10H11BrN4O/c1-6-8(4-12)10(16)15(14-6)9-3-2-7(11)5-13-9/h2-3,5,8H,4,12H2,1H3. The van der Waals surface area contributed by atoms with E-state index in [-0.39, 0.29) is 18.4 Å². The van der Waals surface area contributed by atoms with Crippen molar-refractivity contribution < 1.29 is 4.79 Å². The highest BCUT2D eigenvalue weighted by Gasteiger charge is 2.33. The topological polar surface area (TPSA) is 71.6 Å². The lowest BCUT2D eigenvalue weighted by Gasteiger charge is -2.12. The van der Waals surface area contributed by atoms with Crippen LogP contribution in [0.1, 0.15) is 6.92 Å². The first-order chi connectivity index (χ1) is 7.63. The molecule has 1 aromatic rings. The molecule has 0 spiro atoms. The van der Waals surface area contributed by atoms with Crippen molar-refractivity contribution in [2.75, 3.05) is 11.6 Å². The lowest BCUT2D eigenvalue weighted by Crippen LogP contribution is -2.32. The summed E-state index contributed by atoms with van der Waals surface area (Å²) in [7, 11) is 0. The fraction of sp³-hybridized carbons (Fsp3) is 0.300. The average molecular weight is 283 g/mol. The molecule has 1 aliphatic rings. The van der Waals surface area contributed by atoms with E-state index < -0.39 is 0 Å². The Morgan fingerprint density at radius 1 is 1.56 bits per heavy atom. The Morgan fingerprint density at radius 2 is 2.31 bits per heavy atom. The van der Waals surface area contributed by atoms with Crippen molar-refractivity contribution in [1.82, 2.24) is 4.98 Å². The largest absolute Gasteiger partial charge is 0.329 e. The molecule has 1 atom stereocenters. The molecule has 0 saturated heterocycles. The quantitative estimate of drug-likeness (QED) is 0.884. The highest BCUT2D eigenvalue weighted by Crippen LogP contribution is 2.22. The van der Waals surface area contributed by atoms with Crippen LogP contribution < -0.4 is 10.7 Å². The number of aromatic nitrogens is 1. The zero-order valence-corrected chi connectivity index (χ0v) is 10.3. The number of rotatable bonds is 2. The summed E-state index contributed by atoms with van der Waals surface area (Å²) in [6, 6.07) is 3.55. The molecule has 84 valence electrons. The fourth-order valence-electron chi connectivity index (χ4n) is 1.53.